The third-order valence-corrected chi connectivity index (χ3v) is 8.73. The molecule has 0 spiro atoms. The van der Waals surface area contributed by atoms with Crippen LogP contribution in [0.25, 0.3) is 77.5 Å². The molecule has 0 unspecified atom stereocenters. The SMILES string of the molecule is c1ccc(-c2ccc(-n3c4ccccc4c4ccc5c6ccccc6n(-c6cccc(-c7ccccc7)n6)c5c43)cc2)cc1. The fraction of sp³-hybridized carbons (Fsp3) is 0. The summed E-state index contributed by atoms with van der Waals surface area (Å²) in [5, 5.41) is 4.89. The molecule has 206 valence electrons. The molecule has 3 nitrogen and oxygen atoms in total. The van der Waals surface area contributed by atoms with Crippen molar-refractivity contribution in [2.45, 2.75) is 0 Å². The predicted molar refractivity (Wildman–Crippen MR) is 184 cm³/mol. The number of para-hydroxylation sites is 2. The van der Waals surface area contributed by atoms with Crippen molar-refractivity contribution in [1.82, 2.24) is 14.1 Å². The molecule has 0 N–H and O–H groups in total. The van der Waals surface area contributed by atoms with E-state index in [2.05, 4.69) is 167 Å². The van der Waals surface area contributed by atoms with E-state index in [1.165, 1.54) is 43.7 Å². The first-order valence-corrected chi connectivity index (χ1v) is 15.0. The van der Waals surface area contributed by atoms with Gasteiger partial charge in [-0.15, -0.1) is 0 Å². The molecule has 0 aliphatic heterocycles. The minimum atomic E-state index is 0.904. The van der Waals surface area contributed by atoms with E-state index in [1.54, 1.807) is 0 Å². The molecule has 0 atom stereocenters. The van der Waals surface area contributed by atoms with E-state index in [1.807, 2.05) is 6.07 Å². The third-order valence-electron chi connectivity index (χ3n) is 8.73. The van der Waals surface area contributed by atoms with Gasteiger partial charge in [0.25, 0.3) is 0 Å². The average Bonchev–Trinajstić information content (AvgIpc) is 3.62. The molecule has 0 saturated carbocycles. The van der Waals surface area contributed by atoms with Crippen molar-refractivity contribution in [1.29, 1.82) is 0 Å². The number of rotatable bonds is 4. The summed E-state index contributed by atoms with van der Waals surface area (Å²) >= 11 is 0. The van der Waals surface area contributed by atoms with Crippen molar-refractivity contribution in [3.05, 3.63) is 164 Å². The van der Waals surface area contributed by atoms with Gasteiger partial charge in [-0.1, -0.05) is 127 Å². The van der Waals surface area contributed by atoms with Crippen molar-refractivity contribution >= 4 is 43.6 Å². The first kappa shape index (κ1) is 24.6. The first-order chi connectivity index (χ1) is 21.8. The minimum Gasteiger partial charge on any atom is -0.307 e. The van der Waals surface area contributed by atoms with Crippen LogP contribution in [0.15, 0.2) is 164 Å². The smallest absolute Gasteiger partial charge is 0.138 e. The van der Waals surface area contributed by atoms with Crippen LogP contribution >= 0.6 is 0 Å². The van der Waals surface area contributed by atoms with Crippen LogP contribution in [0.4, 0.5) is 0 Å². The molecular weight excluding hydrogens is 534 g/mol. The highest BCUT2D eigenvalue weighted by Gasteiger charge is 2.21. The van der Waals surface area contributed by atoms with Gasteiger partial charge in [0, 0.05) is 32.8 Å². The lowest BCUT2D eigenvalue weighted by Crippen LogP contribution is -2.01. The maximum absolute atomic E-state index is 5.25. The summed E-state index contributed by atoms with van der Waals surface area (Å²) < 4.78 is 4.78. The van der Waals surface area contributed by atoms with E-state index < -0.39 is 0 Å². The van der Waals surface area contributed by atoms with Gasteiger partial charge in [0.05, 0.1) is 27.8 Å². The molecule has 9 rings (SSSR count). The van der Waals surface area contributed by atoms with Gasteiger partial charge in [0.2, 0.25) is 0 Å². The van der Waals surface area contributed by atoms with E-state index in [0.717, 1.165) is 33.8 Å². The van der Waals surface area contributed by atoms with Crippen LogP contribution in [-0.4, -0.2) is 14.1 Å². The Hall–Kier alpha value is -5.93. The molecule has 0 bridgehead atoms. The topological polar surface area (TPSA) is 22.8 Å². The standard InChI is InChI=1S/C41H27N3/c1-3-12-28(13-4-1)29-22-24-31(25-23-29)43-37-19-9-7-16-32(37)34-26-27-35-33-17-8-10-20-38(33)44(41(35)40(34)43)39-21-11-18-36(42-39)30-14-5-2-6-15-30/h1-27H. The highest BCUT2D eigenvalue weighted by atomic mass is 15.1. The van der Waals surface area contributed by atoms with Gasteiger partial charge in [-0.2, -0.15) is 0 Å². The number of hydrogen-bond donors (Lipinski definition) is 0. The number of hydrogen-bond acceptors (Lipinski definition) is 1. The van der Waals surface area contributed by atoms with Crippen LogP contribution in [-0.2, 0) is 0 Å². The first-order valence-electron chi connectivity index (χ1n) is 15.0. The lowest BCUT2D eigenvalue weighted by molar-refractivity contribution is 1.08. The Balaban J connectivity index is 1.39. The zero-order valence-corrected chi connectivity index (χ0v) is 23.9. The second-order valence-corrected chi connectivity index (χ2v) is 11.2. The zero-order chi connectivity index (χ0) is 29.0. The van der Waals surface area contributed by atoms with Gasteiger partial charge < -0.3 is 4.57 Å². The van der Waals surface area contributed by atoms with Crippen molar-refractivity contribution in [3.63, 3.8) is 0 Å². The molecule has 3 aromatic heterocycles. The number of fused-ring (bicyclic) bond motifs is 7. The lowest BCUT2D eigenvalue weighted by Gasteiger charge is -2.13. The van der Waals surface area contributed by atoms with Crippen LogP contribution in [0, 0.1) is 0 Å². The van der Waals surface area contributed by atoms with Gasteiger partial charge >= 0.3 is 0 Å². The van der Waals surface area contributed by atoms with E-state index >= 15 is 0 Å². The van der Waals surface area contributed by atoms with Gasteiger partial charge in [-0.3, -0.25) is 4.57 Å². The Kier molecular flexibility index (Phi) is 5.50. The molecule has 44 heavy (non-hydrogen) atoms. The van der Waals surface area contributed by atoms with Gasteiger partial charge in [-0.25, -0.2) is 4.98 Å². The lowest BCUT2D eigenvalue weighted by atomic mass is 10.1. The second-order valence-electron chi connectivity index (χ2n) is 11.2. The fourth-order valence-corrected chi connectivity index (χ4v) is 6.76. The summed E-state index contributed by atoms with van der Waals surface area (Å²) in [5.74, 6) is 0.904. The van der Waals surface area contributed by atoms with Gasteiger partial charge in [0.15, 0.2) is 0 Å². The second kappa shape index (κ2) is 9.82. The molecule has 9 aromatic rings. The molecule has 0 fully saturated rings. The quantitative estimate of drug-likeness (QED) is 0.210. The maximum atomic E-state index is 5.25. The summed E-state index contributed by atoms with van der Waals surface area (Å²) in [6.45, 7) is 0. The normalized spacial score (nSPS) is 11.6. The van der Waals surface area contributed by atoms with Crippen molar-refractivity contribution < 1.29 is 0 Å². The van der Waals surface area contributed by atoms with Crippen LogP contribution in [0.3, 0.4) is 0 Å². The van der Waals surface area contributed by atoms with Crippen molar-refractivity contribution in [2.24, 2.45) is 0 Å². The number of aromatic nitrogens is 3. The number of benzene rings is 6. The molecule has 0 aliphatic rings. The molecule has 6 aromatic carbocycles. The van der Waals surface area contributed by atoms with E-state index in [0.29, 0.717) is 0 Å². The summed E-state index contributed by atoms with van der Waals surface area (Å²) in [5.41, 5.74) is 10.3. The van der Waals surface area contributed by atoms with Gasteiger partial charge in [0.1, 0.15) is 5.82 Å². The van der Waals surface area contributed by atoms with Crippen LogP contribution in [0.5, 0.6) is 0 Å². The molecule has 3 heterocycles. The highest BCUT2D eigenvalue weighted by molar-refractivity contribution is 6.23. The molecule has 0 amide bonds. The van der Waals surface area contributed by atoms with E-state index in [-0.39, 0.29) is 0 Å². The molecule has 3 heteroatoms. The Bertz CT molecular complexity index is 2470. The summed E-state index contributed by atoms with van der Waals surface area (Å²) in [4.78, 5) is 5.25. The van der Waals surface area contributed by atoms with E-state index in [9.17, 15) is 0 Å². The Morgan fingerprint density at radius 2 is 0.864 bits per heavy atom. The summed E-state index contributed by atoms with van der Waals surface area (Å²) in [6, 6.07) is 58.2. The van der Waals surface area contributed by atoms with Crippen LogP contribution < -0.4 is 0 Å². The molecule has 0 radical (unpaired) electrons. The largest absolute Gasteiger partial charge is 0.307 e. The fourth-order valence-electron chi connectivity index (χ4n) is 6.76. The van der Waals surface area contributed by atoms with Crippen LogP contribution in [0.1, 0.15) is 0 Å². The minimum absolute atomic E-state index is 0.904. The summed E-state index contributed by atoms with van der Waals surface area (Å²) in [7, 11) is 0. The monoisotopic (exact) mass is 561 g/mol. The van der Waals surface area contributed by atoms with Gasteiger partial charge in [-0.05, 0) is 47.5 Å². The summed E-state index contributed by atoms with van der Waals surface area (Å²) in [6.07, 6.45) is 0. The van der Waals surface area contributed by atoms with Crippen molar-refractivity contribution in [3.8, 4) is 33.9 Å². The number of pyridine rings is 1. The predicted octanol–water partition coefficient (Wildman–Crippen LogP) is 10.6. The van der Waals surface area contributed by atoms with E-state index in [4.69, 9.17) is 4.98 Å². The molecule has 0 saturated heterocycles. The number of nitrogens with zero attached hydrogens (tertiary/aromatic N) is 3. The maximum Gasteiger partial charge on any atom is 0.138 e. The van der Waals surface area contributed by atoms with Crippen LogP contribution in [0.2, 0.25) is 0 Å². The third kappa shape index (κ3) is 3.73. The average molecular weight is 562 g/mol. The highest BCUT2D eigenvalue weighted by Crippen LogP contribution is 2.41. The molecular formula is C41H27N3. The molecule has 0 aliphatic carbocycles. The Morgan fingerprint density at radius 1 is 0.341 bits per heavy atom. The van der Waals surface area contributed by atoms with Crippen molar-refractivity contribution in [2.75, 3.05) is 0 Å². The zero-order valence-electron chi connectivity index (χ0n) is 23.9. The Labute approximate surface area is 254 Å². The Morgan fingerprint density at radius 3 is 1.52 bits per heavy atom.